The van der Waals surface area contributed by atoms with E-state index in [2.05, 4.69) is 14.9 Å². The Balaban J connectivity index is 2.10. The van der Waals surface area contributed by atoms with Gasteiger partial charge in [0.1, 0.15) is 5.82 Å². The van der Waals surface area contributed by atoms with Crippen molar-refractivity contribution in [2.45, 2.75) is 6.42 Å². The van der Waals surface area contributed by atoms with Crippen LogP contribution in [0.4, 0.5) is 17.5 Å². The number of hydrogen-bond acceptors (Lipinski definition) is 5. The molecule has 1 aromatic heterocycles. The molecule has 19 heavy (non-hydrogen) atoms. The minimum absolute atomic E-state index is 0.0441. The van der Waals surface area contributed by atoms with Gasteiger partial charge in [-0.05, 0) is 18.6 Å². The minimum Gasteiger partial charge on any atom is -0.383 e. The third-order valence-corrected chi connectivity index (χ3v) is 2.96. The number of aromatic amines is 1. The van der Waals surface area contributed by atoms with Crippen molar-refractivity contribution >= 4 is 17.5 Å². The maximum atomic E-state index is 11.7. The zero-order chi connectivity index (χ0) is 13.8. The van der Waals surface area contributed by atoms with Gasteiger partial charge in [-0.25, -0.2) is 0 Å². The molecule has 0 amide bonds. The molecule has 0 atom stereocenters. The summed E-state index contributed by atoms with van der Waals surface area (Å²) in [6.45, 7) is 0.670. The lowest BCUT2D eigenvalue weighted by Crippen LogP contribution is -2.25. The number of nitrogens with zero attached hydrogens (tertiary/aromatic N) is 2. The molecule has 0 spiro atoms. The normalized spacial score (nSPS) is 10.4. The van der Waals surface area contributed by atoms with Gasteiger partial charge in [-0.3, -0.25) is 9.78 Å². The molecule has 0 aliphatic carbocycles. The summed E-state index contributed by atoms with van der Waals surface area (Å²) < 4.78 is 0. The minimum atomic E-state index is -0.272. The molecule has 0 aliphatic rings. The van der Waals surface area contributed by atoms with Crippen LogP contribution >= 0.6 is 0 Å². The van der Waals surface area contributed by atoms with Crippen LogP contribution in [0.1, 0.15) is 5.56 Å². The molecule has 0 aliphatic heterocycles. The molecule has 0 fully saturated rings. The fourth-order valence-electron chi connectivity index (χ4n) is 1.87. The number of para-hydroxylation sites is 1. The summed E-state index contributed by atoms with van der Waals surface area (Å²) in [6.07, 6.45) is 0.514. The molecule has 0 saturated heterocycles. The lowest BCUT2D eigenvalue weighted by Gasteiger charge is -2.19. The maximum Gasteiger partial charge on any atom is 0.257 e. The van der Waals surface area contributed by atoms with Crippen molar-refractivity contribution in [1.29, 1.82) is 0 Å². The first-order chi connectivity index (χ1) is 9.08. The second kappa shape index (κ2) is 5.43. The molecule has 1 aromatic carbocycles. The van der Waals surface area contributed by atoms with Gasteiger partial charge in [-0.1, -0.05) is 18.2 Å². The highest BCUT2D eigenvalue weighted by Crippen LogP contribution is 2.12. The zero-order valence-corrected chi connectivity index (χ0v) is 10.8. The van der Waals surface area contributed by atoms with Crippen LogP contribution in [0.25, 0.3) is 0 Å². The molecule has 6 heteroatoms. The van der Waals surface area contributed by atoms with Crippen LogP contribution in [-0.2, 0) is 6.42 Å². The fourth-order valence-corrected chi connectivity index (χ4v) is 1.87. The first-order valence-corrected chi connectivity index (χ1v) is 5.98. The van der Waals surface area contributed by atoms with Crippen LogP contribution in [0, 0.1) is 0 Å². The molecule has 0 saturated carbocycles. The molecule has 1 heterocycles. The zero-order valence-electron chi connectivity index (χ0n) is 10.8. The lowest BCUT2D eigenvalue weighted by molar-refractivity contribution is 0.860. The van der Waals surface area contributed by atoms with E-state index in [9.17, 15) is 4.79 Å². The van der Waals surface area contributed by atoms with Crippen molar-refractivity contribution < 1.29 is 0 Å². The Hall–Kier alpha value is -2.50. The Morgan fingerprint density at radius 2 is 1.95 bits per heavy atom. The van der Waals surface area contributed by atoms with Gasteiger partial charge in [0.05, 0.1) is 5.56 Å². The second-order valence-electron chi connectivity index (χ2n) is 4.32. The molecular formula is C13H17N5O. The van der Waals surface area contributed by atoms with Crippen molar-refractivity contribution in [2.24, 2.45) is 0 Å². The molecule has 0 radical (unpaired) electrons. The molecule has 5 N–H and O–H groups in total. The lowest BCUT2D eigenvalue weighted by atomic mass is 10.2. The second-order valence-corrected chi connectivity index (χ2v) is 4.32. The fraction of sp³-hybridized carbons (Fsp3) is 0.231. The number of hydrogen-bond donors (Lipinski definition) is 3. The number of H-pyrrole nitrogens is 1. The van der Waals surface area contributed by atoms with Gasteiger partial charge in [0.2, 0.25) is 5.95 Å². The van der Waals surface area contributed by atoms with E-state index in [1.165, 1.54) is 0 Å². The molecule has 0 bridgehead atoms. The van der Waals surface area contributed by atoms with Gasteiger partial charge >= 0.3 is 0 Å². The van der Waals surface area contributed by atoms with E-state index in [1.54, 1.807) is 0 Å². The van der Waals surface area contributed by atoms with Crippen molar-refractivity contribution in [3.63, 3.8) is 0 Å². The summed E-state index contributed by atoms with van der Waals surface area (Å²) in [4.78, 5) is 20.1. The van der Waals surface area contributed by atoms with E-state index >= 15 is 0 Å². The first kappa shape index (κ1) is 12.9. The first-order valence-electron chi connectivity index (χ1n) is 5.98. The van der Waals surface area contributed by atoms with E-state index in [-0.39, 0.29) is 17.3 Å². The van der Waals surface area contributed by atoms with Crippen LogP contribution in [0.5, 0.6) is 0 Å². The highest BCUT2D eigenvalue weighted by molar-refractivity contribution is 5.46. The molecule has 0 unspecified atom stereocenters. The van der Waals surface area contributed by atoms with Gasteiger partial charge in [-0.2, -0.15) is 4.98 Å². The number of anilines is 3. The third-order valence-electron chi connectivity index (χ3n) is 2.96. The summed E-state index contributed by atoms with van der Waals surface area (Å²) in [6, 6.07) is 9.92. The molecule has 6 nitrogen and oxygen atoms in total. The summed E-state index contributed by atoms with van der Waals surface area (Å²) in [5, 5.41) is 0. The van der Waals surface area contributed by atoms with E-state index in [0.717, 1.165) is 5.69 Å². The monoisotopic (exact) mass is 259 g/mol. The van der Waals surface area contributed by atoms with Crippen LogP contribution in [0.2, 0.25) is 0 Å². The van der Waals surface area contributed by atoms with Crippen LogP contribution in [0.15, 0.2) is 35.1 Å². The Morgan fingerprint density at radius 3 is 2.58 bits per heavy atom. The van der Waals surface area contributed by atoms with Crippen LogP contribution < -0.4 is 21.9 Å². The Bertz CT molecular complexity index is 608. The number of nitrogens with two attached hydrogens (primary N) is 2. The largest absolute Gasteiger partial charge is 0.383 e. The van der Waals surface area contributed by atoms with E-state index in [1.807, 2.05) is 37.4 Å². The average molecular weight is 259 g/mol. The summed E-state index contributed by atoms with van der Waals surface area (Å²) >= 11 is 0. The van der Waals surface area contributed by atoms with Gasteiger partial charge in [-0.15, -0.1) is 0 Å². The van der Waals surface area contributed by atoms with Gasteiger partial charge in [0, 0.05) is 19.3 Å². The number of aromatic nitrogens is 2. The average Bonchev–Trinajstić information content (AvgIpc) is 2.38. The Kier molecular flexibility index (Phi) is 3.70. The molecular weight excluding hydrogens is 242 g/mol. The number of likely N-dealkylation sites (N-methyl/N-ethyl adjacent to an activating group) is 1. The van der Waals surface area contributed by atoms with E-state index in [0.29, 0.717) is 18.5 Å². The number of nitrogens with one attached hydrogen (secondary N) is 1. The molecule has 2 aromatic rings. The highest BCUT2D eigenvalue weighted by atomic mass is 16.1. The van der Waals surface area contributed by atoms with Gasteiger partial charge in [0.15, 0.2) is 0 Å². The maximum absolute atomic E-state index is 11.7. The number of rotatable bonds is 4. The molecule has 100 valence electrons. The van der Waals surface area contributed by atoms with Crippen molar-refractivity contribution in [3.8, 4) is 0 Å². The summed E-state index contributed by atoms with van der Waals surface area (Å²) in [5.41, 5.74) is 12.4. The number of nitrogen functional groups attached to an aromatic ring is 2. The van der Waals surface area contributed by atoms with Crippen molar-refractivity contribution in [2.75, 3.05) is 30.0 Å². The quantitative estimate of drug-likeness (QED) is 0.747. The summed E-state index contributed by atoms with van der Waals surface area (Å²) in [5.74, 6) is 0.241. The van der Waals surface area contributed by atoms with Crippen LogP contribution in [-0.4, -0.2) is 23.6 Å². The van der Waals surface area contributed by atoms with Gasteiger partial charge < -0.3 is 16.4 Å². The van der Waals surface area contributed by atoms with Crippen LogP contribution in [0.3, 0.4) is 0 Å². The predicted molar refractivity (Wildman–Crippen MR) is 77.1 cm³/mol. The SMILES string of the molecule is CN(CCc1c(N)nc(N)[nH]c1=O)c1ccccc1. The highest BCUT2D eigenvalue weighted by Gasteiger charge is 2.09. The topological polar surface area (TPSA) is 101 Å². The Labute approximate surface area is 111 Å². The van der Waals surface area contributed by atoms with Crippen molar-refractivity contribution in [1.82, 2.24) is 9.97 Å². The van der Waals surface area contributed by atoms with E-state index < -0.39 is 0 Å². The standard InChI is InChI=1S/C13H17N5O/c1-18(9-5-3-2-4-6-9)8-7-10-11(14)16-13(15)17-12(10)19/h2-6H,7-8H2,1H3,(H5,14,15,16,17,19). The number of benzene rings is 1. The summed E-state index contributed by atoms with van der Waals surface area (Å²) in [7, 11) is 1.96. The Morgan fingerprint density at radius 1 is 1.26 bits per heavy atom. The molecule has 2 rings (SSSR count). The smallest absolute Gasteiger partial charge is 0.257 e. The van der Waals surface area contributed by atoms with Gasteiger partial charge in [0.25, 0.3) is 5.56 Å². The predicted octanol–water partition coefficient (Wildman–Crippen LogP) is 0.613. The third kappa shape index (κ3) is 3.04. The van der Waals surface area contributed by atoms with E-state index in [4.69, 9.17) is 11.5 Å². The van der Waals surface area contributed by atoms with Crippen molar-refractivity contribution in [3.05, 3.63) is 46.2 Å².